The maximum Gasteiger partial charge on any atom is 0.369 e. The van der Waals surface area contributed by atoms with Crippen molar-refractivity contribution >= 4 is 34.4 Å². The molecule has 0 aromatic rings. The van der Waals surface area contributed by atoms with Crippen LogP contribution >= 0.6 is 0 Å². The van der Waals surface area contributed by atoms with Crippen LogP contribution in [0, 0.1) is 0 Å². The lowest BCUT2D eigenvalue weighted by atomic mass is 10.2. The van der Waals surface area contributed by atoms with E-state index in [2.05, 4.69) is 0 Å². The first-order chi connectivity index (χ1) is 9.35. The highest BCUT2D eigenvalue weighted by Gasteiger charge is 2.68. The lowest BCUT2D eigenvalue weighted by molar-refractivity contribution is -0.181. The molecule has 1 heterocycles. The van der Waals surface area contributed by atoms with Crippen LogP contribution in [0.2, 0.25) is 39.3 Å². The largest absolute Gasteiger partial charge is 0.465 e. The smallest absolute Gasteiger partial charge is 0.369 e. The van der Waals surface area contributed by atoms with Crippen LogP contribution in [0.5, 0.6) is 0 Å². The van der Waals surface area contributed by atoms with E-state index in [0.717, 1.165) is 0 Å². The van der Waals surface area contributed by atoms with Crippen LogP contribution in [0.4, 0.5) is 4.79 Å². The minimum Gasteiger partial charge on any atom is -0.465 e. The summed E-state index contributed by atoms with van der Waals surface area (Å²) < 4.78 is 12.6. The molecule has 1 atom stereocenters. The summed E-state index contributed by atoms with van der Waals surface area (Å²) in [5.74, 6) is -1.49. The Morgan fingerprint density at radius 3 is 1.76 bits per heavy atom. The first kappa shape index (κ1) is 17.9. The average molecular weight is 333 g/mol. The van der Waals surface area contributed by atoms with E-state index in [1.54, 1.807) is 0 Å². The van der Waals surface area contributed by atoms with Crippen LogP contribution in [0.1, 0.15) is 0 Å². The highest BCUT2D eigenvalue weighted by atomic mass is 28.3. The summed E-state index contributed by atoms with van der Waals surface area (Å²) in [5, 5.41) is 0. The molecule has 1 rings (SSSR count). The van der Waals surface area contributed by atoms with Gasteiger partial charge < -0.3 is 14.0 Å². The number of ether oxygens (including phenoxy) is 2. The molecule has 1 aliphatic rings. The van der Waals surface area contributed by atoms with E-state index in [9.17, 15) is 14.4 Å². The zero-order chi connectivity index (χ0) is 16.8. The number of amides is 3. The van der Waals surface area contributed by atoms with Gasteiger partial charge >= 0.3 is 17.7 Å². The van der Waals surface area contributed by atoms with Crippen LogP contribution in [-0.2, 0) is 19.1 Å². The Kier molecular flexibility index (Phi) is 4.43. The van der Waals surface area contributed by atoms with Gasteiger partial charge in [-0.2, -0.15) is 0 Å². The Balaban J connectivity index is 3.62. The van der Waals surface area contributed by atoms with Crippen molar-refractivity contribution in [1.82, 2.24) is 9.13 Å². The van der Waals surface area contributed by atoms with Gasteiger partial charge in [0.05, 0.1) is 7.11 Å². The number of imide groups is 1. The molecule has 0 aromatic heterocycles. The molecule has 0 saturated carbocycles. The molecule has 0 aliphatic carbocycles. The lowest BCUT2D eigenvalue weighted by Crippen LogP contribution is -2.65. The number of rotatable bonds is 4. The number of methoxy groups -OCH3 is 2. The average Bonchev–Trinajstić information content (AvgIpc) is 2.55. The second kappa shape index (κ2) is 5.22. The van der Waals surface area contributed by atoms with Gasteiger partial charge in [-0.25, -0.2) is 9.59 Å². The minimum absolute atomic E-state index is 0.453. The van der Waals surface area contributed by atoms with Crippen LogP contribution in [0.3, 0.4) is 0 Å². The summed E-state index contributed by atoms with van der Waals surface area (Å²) in [5.41, 5.74) is -1.99. The van der Waals surface area contributed by atoms with Gasteiger partial charge in [0.1, 0.15) is 0 Å². The van der Waals surface area contributed by atoms with Gasteiger partial charge in [-0.15, -0.1) is 0 Å². The number of urea groups is 1. The standard InChI is InChI=1S/C12H24N2O5Si2/c1-18-10(16)12(19-2)9(15)13(20(3,4)5)11(17)14(12)21(6,7)8/h1-8H3. The number of hydrogen-bond acceptors (Lipinski definition) is 5. The SMILES string of the molecule is COC(=O)C1(OC)C(=O)N([Si](C)(C)C)C(=O)N1[Si](C)(C)C. The van der Waals surface area contributed by atoms with E-state index >= 15 is 0 Å². The Morgan fingerprint density at radius 2 is 1.48 bits per heavy atom. The molecule has 1 fully saturated rings. The van der Waals surface area contributed by atoms with E-state index in [-0.39, 0.29) is 0 Å². The van der Waals surface area contributed by atoms with Gasteiger partial charge in [0.25, 0.3) is 5.91 Å². The fourth-order valence-electron chi connectivity index (χ4n) is 2.50. The third-order valence-electron chi connectivity index (χ3n) is 3.29. The van der Waals surface area contributed by atoms with E-state index in [1.807, 2.05) is 39.3 Å². The van der Waals surface area contributed by atoms with Crippen molar-refractivity contribution in [3.63, 3.8) is 0 Å². The zero-order valence-corrected chi connectivity index (χ0v) is 15.9. The third-order valence-corrected chi connectivity index (χ3v) is 6.87. The molecule has 0 aromatic carbocycles. The van der Waals surface area contributed by atoms with Gasteiger partial charge in [0, 0.05) is 7.11 Å². The number of carbonyl (C=O) groups excluding carboxylic acids is 3. The first-order valence-electron chi connectivity index (χ1n) is 6.68. The molecule has 7 nitrogen and oxygen atoms in total. The highest BCUT2D eigenvalue weighted by Crippen LogP contribution is 2.37. The van der Waals surface area contributed by atoms with Crippen molar-refractivity contribution in [2.75, 3.05) is 14.2 Å². The third kappa shape index (κ3) is 2.53. The lowest BCUT2D eigenvalue weighted by Gasteiger charge is -2.39. The molecule has 1 unspecified atom stereocenters. The summed E-state index contributed by atoms with van der Waals surface area (Å²) >= 11 is 0. The van der Waals surface area contributed by atoms with E-state index in [1.165, 1.54) is 23.4 Å². The van der Waals surface area contributed by atoms with Crippen molar-refractivity contribution in [3.05, 3.63) is 0 Å². The predicted octanol–water partition coefficient (Wildman–Crippen LogP) is 1.44. The van der Waals surface area contributed by atoms with Crippen molar-refractivity contribution < 1.29 is 23.9 Å². The summed E-state index contributed by atoms with van der Waals surface area (Å²) in [4.78, 5) is 38.0. The van der Waals surface area contributed by atoms with Gasteiger partial charge in [-0.05, 0) is 0 Å². The van der Waals surface area contributed by atoms with Crippen molar-refractivity contribution in [1.29, 1.82) is 0 Å². The first-order valence-corrected chi connectivity index (χ1v) is 13.6. The van der Waals surface area contributed by atoms with Crippen molar-refractivity contribution in [3.8, 4) is 0 Å². The van der Waals surface area contributed by atoms with Gasteiger partial charge in [0.15, 0.2) is 16.5 Å². The summed E-state index contributed by atoms with van der Waals surface area (Å²) in [7, 11) is -2.24. The molecular formula is C12H24N2O5Si2. The predicted molar refractivity (Wildman–Crippen MR) is 82.5 cm³/mol. The highest BCUT2D eigenvalue weighted by molar-refractivity contribution is 6.82. The summed E-state index contributed by atoms with van der Waals surface area (Å²) in [6.07, 6.45) is 0. The maximum atomic E-state index is 12.9. The number of esters is 1. The van der Waals surface area contributed by atoms with E-state index in [4.69, 9.17) is 9.47 Å². The van der Waals surface area contributed by atoms with Gasteiger partial charge in [0.2, 0.25) is 0 Å². The second-order valence-electron chi connectivity index (χ2n) is 6.94. The molecule has 0 radical (unpaired) electrons. The van der Waals surface area contributed by atoms with E-state index < -0.39 is 40.1 Å². The molecule has 0 N–H and O–H groups in total. The molecule has 3 amide bonds. The normalized spacial score (nSPS) is 23.8. The molecular weight excluding hydrogens is 308 g/mol. The fourth-order valence-corrected chi connectivity index (χ4v) is 5.93. The Morgan fingerprint density at radius 1 is 1.00 bits per heavy atom. The Labute approximate surface area is 127 Å². The molecule has 0 bridgehead atoms. The topological polar surface area (TPSA) is 76.1 Å². The number of hydrogen-bond donors (Lipinski definition) is 0. The zero-order valence-electron chi connectivity index (χ0n) is 13.9. The van der Waals surface area contributed by atoms with Crippen LogP contribution < -0.4 is 0 Å². The molecule has 1 aliphatic heterocycles. The van der Waals surface area contributed by atoms with Crippen LogP contribution in [0.25, 0.3) is 0 Å². The Bertz CT molecular complexity index is 483. The van der Waals surface area contributed by atoms with Crippen LogP contribution in [-0.4, -0.2) is 63.5 Å². The molecule has 0 spiro atoms. The molecule has 120 valence electrons. The molecule has 1 saturated heterocycles. The quantitative estimate of drug-likeness (QED) is 0.337. The minimum atomic E-state index is -2.37. The second-order valence-corrected chi connectivity index (χ2v) is 16.5. The Hall–Kier alpha value is -1.20. The van der Waals surface area contributed by atoms with Gasteiger partial charge in [-0.3, -0.25) is 9.36 Å². The van der Waals surface area contributed by atoms with E-state index in [0.29, 0.717) is 0 Å². The van der Waals surface area contributed by atoms with Crippen LogP contribution in [0.15, 0.2) is 0 Å². The van der Waals surface area contributed by atoms with Gasteiger partial charge in [-0.1, -0.05) is 39.3 Å². The van der Waals surface area contributed by atoms with Crippen molar-refractivity contribution in [2.45, 2.75) is 45.0 Å². The summed E-state index contributed by atoms with van der Waals surface area (Å²) in [6, 6.07) is -0.453. The monoisotopic (exact) mass is 332 g/mol. The number of carbonyl (C=O) groups is 3. The molecule has 9 heteroatoms. The molecule has 21 heavy (non-hydrogen) atoms. The maximum absolute atomic E-state index is 12.9. The van der Waals surface area contributed by atoms with Crippen molar-refractivity contribution in [2.24, 2.45) is 0 Å². The number of nitrogens with zero attached hydrogens (tertiary/aromatic N) is 2. The fraction of sp³-hybridized carbons (Fsp3) is 0.750. The summed E-state index contributed by atoms with van der Waals surface area (Å²) in [6.45, 7) is 11.2.